The monoisotopic (exact) mass is 232 g/mol. The summed E-state index contributed by atoms with van der Waals surface area (Å²) in [6.45, 7) is 0. The van der Waals surface area contributed by atoms with Crippen LogP contribution in [0.25, 0.3) is 0 Å². The molecule has 0 aliphatic rings. The van der Waals surface area contributed by atoms with E-state index < -0.39 is 33.2 Å². The molecule has 82 valence electrons. The largest absolute Gasteiger partial charge is 0.507 e. The highest BCUT2D eigenvalue weighted by Crippen LogP contribution is 2.19. The number of hydrogen-bond donors (Lipinski definition) is 3. The van der Waals surface area contributed by atoms with Crippen molar-refractivity contribution in [3.8, 4) is 5.75 Å². The molecule has 0 heterocycles. The van der Waals surface area contributed by atoms with E-state index in [0.29, 0.717) is 0 Å². The topological polar surface area (TPSA) is 112 Å². The maximum absolute atomic E-state index is 10.6. The zero-order chi connectivity index (χ0) is 11.6. The maximum atomic E-state index is 10.6. The fourth-order valence-electron chi connectivity index (χ4n) is 1.05. The van der Waals surface area contributed by atoms with Crippen molar-refractivity contribution in [2.75, 3.05) is 0 Å². The molecule has 1 aromatic rings. The van der Waals surface area contributed by atoms with Gasteiger partial charge in [0, 0.05) is 0 Å². The first kappa shape index (κ1) is 11.5. The molecule has 0 aliphatic carbocycles. The maximum Gasteiger partial charge on any atom is 0.339 e. The molecule has 0 fully saturated rings. The Labute approximate surface area is 85.5 Å². The van der Waals surface area contributed by atoms with E-state index in [1.165, 1.54) is 6.07 Å². The van der Waals surface area contributed by atoms with Crippen LogP contribution in [0.5, 0.6) is 5.75 Å². The minimum absolute atomic E-state index is 0.0905. The first-order valence-electron chi connectivity index (χ1n) is 3.80. The second-order valence-electron chi connectivity index (χ2n) is 2.88. The highest BCUT2D eigenvalue weighted by molar-refractivity contribution is 7.85. The van der Waals surface area contributed by atoms with Gasteiger partial charge in [-0.15, -0.1) is 0 Å². The van der Waals surface area contributed by atoms with Crippen LogP contribution in [0.3, 0.4) is 0 Å². The van der Waals surface area contributed by atoms with Crippen molar-refractivity contribution >= 4 is 16.1 Å². The van der Waals surface area contributed by atoms with Gasteiger partial charge in [0.05, 0.1) is 0 Å². The van der Waals surface area contributed by atoms with E-state index in [1.807, 2.05) is 0 Å². The van der Waals surface area contributed by atoms with Crippen LogP contribution in [-0.4, -0.2) is 29.2 Å². The number of aromatic hydroxyl groups is 1. The molecule has 15 heavy (non-hydrogen) atoms. The summed E-state index contributed by atoms with van der Waals surface area (Å²) in [5.74, 6) is -2.51. The van der Waals surface area contributed by atoms with E-state index in [-0.39, 0.29) is 5.56 Å². The van der Waals surface area contributed by atoms with E-state index in [0.717, 1.165) is 12.1 Å². The highest BCUT2D eigenvalue weighted by atomic mass is 32.2. The van der Waals surface area contributed by atoms with Gasteiger partial charge in [0.15, 0.2) is 0 Å². The van der Waals surface area contributed by atoms with Crippen LogP contribution in [0.15, 0.2) is 18.2 Å². The lowest BCUT2D eigenvalue weighted by atomic mass is 10.1. The van der Waals surface area contributed by atoms with Crippen LogP contribution in [0.1, 0.15) is 15.9 Å². The molecule has 0 radical (unpaired) electrons. The molecule has 7 heteroatoms. The molecule has 0 aromatic heterocycles. The second-order valence-corrected chi connectivity index (χ2v) is 4.34. The van der Waals surface area contributed by atoms with Crippen LogP contribution < -0.4 is 0 Å². The number of carboxylic acids is 1. The quantitative estimate of drug-likeness (QED) is 0.653. The molecule has 0 spiro atoms. The molecule has 0 unspecified atom stereocenters. The van der Waals surface area contributed by atoms with Gasteiger partial charge in [0.25, 0.3) is 10.1 Å². The van der Waals surface area contributed by atoms with Crippen LogP contribution in [0.4, 0.5) is 0 Å². The minimum atomic E-state index is -4.21. The van der Waals surface area contributed by atoms with Crippen LogP contribution in [0, 0.1) is 0 Å². The number of benzene rings is 1. The van der Waals surface area contributed by atoms with E-state index >= 15 is 0 Å². The molecule has 6 nitrogen and oxygen atoms in total. The summed E-state index contributed by atoms with van der Waals surface area (Å²) in [4.78, 5) is 10.6. The van der Waals surface area contributed by atoms with Crippen molar-refractivity contribution in [1.82, 2.24) is 0 Å². The zero-order valence-corrected chi connectivity index (χ0v) is 8.23. The summed E-state index contributed by atoms with van der Waals surface area (Å²) in [7, 11) is -4.21. The Morgan fingerprint density at radius 2 is 1.93 bits per heavy atom. The minimum Gasteiger partial charge on any atom is -0.507 e. The Balaban J connectivity index is 3.14. The number of phenols is 1. The Hall–Kier alpha value is -1.60. The molecule has 3 N–H and O–H groups in total. The van der Waals surface area contributed by atoms with E-state index in [2.05, 4.69) is 0 Å². The molecule has 0 bridgehead atoms. The third kappa shape index (κ3) is 3.22. The molecule has 1 rings (SSSR count). The summed E-state index contributed by atoms with van der Waals surface area (Å²) in [6.07, 6.45) is 0. The van der Waals surface area contributed by atoms with Crippen LogP contribution in [0.2, 0.25) is 0 Å². The van der Waals surface area contributed by atoms with Crippen LogP contribution >= 0.6 is 0 Å². The fourth-order valence-corrected chi connectivity index (χ4v) is 1.66. The third-order valence-corrected chi connectivity index (χ3v) is 2.34. The molecular formula is C8H8O6S. The van der Waals surface area contributed by atoms with Gasteiger partial charge < -0.3 is 10.2 Å². The lowest BCUT2D eigenvalue weighted by molar-refractivity contribution is 0.0693. The normalized spacial score (nSPS) is 11.3. The number of carboxylic acid groups (broad SMARTS) is 1. The molecule has 0 atom stereocenters. The number of carbonyl (C=O) groups is 1. The molecule has 0 amide bonds. The van der Waals surface area contributed by atoms with Gasteiger partial charge in [-0.05, 0) is 17.7 Å². The summed E-state index contributed by atoms with van der Waals surface area (Å²) >= 11 is 0. The first-order chi connectivity index (χ1) is 6.79. The standard InChI is InChI=1S/C8H8O6S/c9-7-2-1-5(4-15(12,13)14)3-6(7)8(10)11/h1-3,9H,4H2,(H,10,11)(H,12,13,14). The Morgan fingerprint density at radius 3 is 2.40 bits per heavy atom. The fraction of sp³-hybridized carbons (Fsp3) is 0.125. The lowest BCUT2D eigenvalue weighted by Gasteiger charge is -2.02. The number of rotatable bonds is 3. The lowest BCUT2D eigenvalue weighted by Crippen LogP contribution is -2.04. The van der Waals surface area contributed by atoms with E-state index in [9.17, 15) is 13.2 Å². The number of aromatic carboxylic acids is 1. The van der Waals surface area contributed by atoms with Gasteiger partial charge in [-0.3, -0.25) is 4.55 Å². The van der Waals surface area contributed by atoms with Gasteiger partial charge >= 0.3 is 5.97 Å². The van der Waals surface area contributed by atoms with E-state index in [4.69, 9.17) is 14.8 Å². The van der Waals surface area contributed by atoms with Crippen molar-refractivity contribution in [2.45, 2.75) is 5.75 Å². The summed E-state index contributed by atoms with van der Waals surface area (Å²) in [6, 6.07) is 3.27. The Bertz CT molecular complexity index is 490. The average molecular weight is 232 g/mol. The SMILES string of the molecule is O=C(O)c1cc(CS(=O)(=O)O)ccc1O. The van der Waals surface area contributed by atoms with Crippen molar-refractivity contribution < 1.29 is 28.0 Å². The summed E-state index contributed by atoms with van der Waals surface area (Å²) in [5, 5.41) is 17.7. The van der Waals surface area contributed by atoms with Gasteiger partial charge in [0.1, 0.15) is 17.1 Å². The first-order valence-corrected chi connectivity index (χ1v) is 5.41. The third-order valence-electron chi connectivity index (χ3n) is 1.64. The Morgan fingerprint density at radius 1 is 1.33 bits per heavy atom. The highest BCUT2D eigenvalue weighted by Gasteiger charge is 2.13. The van der Waals surface area contributed by atoms with Crippen LogP contribution in [-0.2, 0) is 15.9 Å². The second kappa shape index (κ2) is 3.87. The smallest absolute Gasteiger partial charge is 0.339 e. The predicted molar refractivity (Wildman–Crippen MR) is 50.3 cm³/mol. The van der Waals surface area contributed by atoms with Crippen molar-refractivity contribution in [3.63, 3.8) is 0 Å². The van der Waals surface area contributed by atoms with Gasteiger partial charge in [-0.25, -0.2) is 4.79 Å². The van der Waals surface area contributed by atoms with Gasteiger partial charge in [0.2, 0.25) is 0 Å². The Kier molecular flexibility index (Phi) is 2.96. The molecular weight excluding hydrogens is 224 g/mol. The molecule has 0 saturated heterocycles. The van der Waals surface area contributed by atoms with Crippen molar-refractivity contribution in [3.05, 3.63) is 29.3 Å². The van der Waals surface area contributed by atoms with Crippen molar-refractivity contribution in [2.24, 2.45) is 0 Å². The molecule has 1 aromatic carbocycles. The summed E-state index contributed by atoms with van der Waals surface area (Å²) < 4.78 is 29.6. The summed E-state index contributed by atoms with van der Waals surface area (Å²) in [5.41, 5.74) is -0.316. The van der Waals surface area contributed by atoms with Crippen molar-refractivity contribution in [1.29, 1.82) is 0 Å². The average Bonchev–Trinajstić information content (AvgIpc) is 2.05. The van der Waals surface area contributed by atoms with Gasteiger partial charge in [-0.1, -0.05) is 6.07 Å². The number of hydrogen-bond acceptors (Lipinski definition) is 4. The molecule has 0 aliphatic heterocycles. The zero-order valence-electron chi connectivity index (χ0n) is 7.41. The van der Waals surface area contributed by atoms with Gasteiger partial charge in [-0.2, -0.15) is 8.42 Å². The van der Waals surface area contributed by atoms with E-state index in [1.54, 1.807) is 0 Å². The molecule has 0 saturated carbocycles. The predicted octanol–water partition coefficient (Wildman–Crippen LogP) is 0.478.